The average molecular weight is 423 g/mol. The molecule has 7 heteroatoms. The Morgan fingerprint density at radius 2 is 1.70 bits per heavy atom. The van der Waals surface area contributed by atoms with E-state index in [2.05, 4.69) is 14.9 Å². The summed E-state index contributed by atoms with van der Waals surface area (Å²) in [7, 11) is 0. The molecule has 0 unspecified atom stereocenters. The van der Waals surface area contributed by atoms with Gasteiger partial charge in [0.2, 0.25) is 0 Å². The zero-order valence-electron chi connectivity index (χ0n) is 16.8. The summed E-state index contributed by atoms with van der Waals surface area (Å²) in [6, 6.07) is 16.9. The quantitative estimate of drug-likeness (QED) is 0.618. The molecule has 0 saturated carbocycles. The van der Waals surface area contributed by atoms with E-state index in [9.17, 15) is 4.79 Å². The molecule has 1 fully saturated rings. The lowest BCUT2D eigenvalue weighted by atomic mass is 10.1. The third-order valence-corrected chi connectivity index (χ3v) is 5.35. The molecule has 3 aromatic rings. The van der Waals surface area contributed by atoms with Gasteiger partial charge in [-0.05, 0) is 55.5 Å². The highest BCUT2D eigenvalue weighted by molar-refractivity contribution is 6.30. The predicted octanol–water partition coefficient (Wildman–Crippen LogP) is 4.16. The van der Waals surface area contributed by atoms with E-state index in [4.69, 9.17) is 16.3 Å². The molecule has 1 aliphatic heterocycles. The highest BCUT2D eigenvalue weighted by Gasteiger charge is 2.23. The Morgan fingerprint density at radius 1 is 1.00 bits per heavy atom. The molecule has 2 heterocycles. The SMILES string of the molecule is CCOc1ccc(-c2cc(N3CCN(C(=O)c4ccc(Cl)cc4)CC3)ncn2)cc1. The molecule has 2 aromatic carbocycles. The van der Waals surface area contributed by atoms with Crippen LogP contribution in [0.5, 0.6) is 5.75 Å². The first-order valence-corrected chi connectivity index (χ1v) is 10.4. The number of benzene rings is 2. The van der Waals surface area contributed by atoms with E-state index >= 15 is 0 Å². The van der Waals surface area contributed by atoms with Crippen LogP contribution >= 0.6 is 11.6 Å². The van der Waals surface area contributed by atoms with Gasteiger partial charge in [0.25, 0.3) is 5.91 Å². The molecule has 154 valence electrons. The third-order valence-electron chi connectivity index (χ3n) is 5.10. The predicted molar refractivity (Wildman–Crippen MR) is 118 cm³/mol. The Morgan fingerprint density at radius 3 is 2.37 bits per heavy atom. The van der Waals surface area contributed by atoms with Crippen LogP contribution in [0, 0.1) is 0 Å². The van der Waals surface area contributed by atoms with Gasteiger partial charge in [-0.15, -0.1) is 0 Å². The Balaban J connectivity index is 1.42. The van der Waals surface area contributed by atoms with E-state index < -0.39 is 0 Å². The fourth-order valence-electron chi connectivity index (χ4n) is 3.48. The summed E-state index contributed by atoms with van der Waals surface area (Å²) >= 11 is 5.92. The van der Waals surface area contributed by atoms with E-state index in [1.54, 1.807) is 30.6 Å². The second kappa shape index (κ2) is 9.13. The molecule has 1 amide bonds. The maximum Gasteiger partial charge on any atom is 0.253 e. The highest BCUT2D eigenvalue weighted by Crippen LogP contribution is 2.24. The van der Waals surface area contributed by atoms with Crippen molar-refractivity contribution in [3.8, 4) is 17.0 Å². The second-order valence-corrected chi connectivity index (χ2v) is 7.44. The van der Waals surface area contributed by atoms with Crippen LogP contribution in [0.2, 0.25) is 5.02 Å². The summed E-state index contributed by atoms with van der Waals surface area (Å²) in [5.74, 6) is 1.74. The second-order valence-electron chi connectivity index (χ2n) is 7.00. The molecule has 0 bridgehead atoms. The molecule has 0 N–H and O–H groups in total. The van der Waals surface area contributed by atoms with Crippen LogP contribution in [0.4, 0.5) is 5.82 Å². The van der Waals surface area contributed by atoms with E-state index in [0.717, 1.165) is 35.9 Å². The largest absolute Gasteiger partial charge is 0.494 e. The number of rotatable bonds is 5. The highest BCUT2D eigenvalue weighted by atomic mass is 35.5. The van der Waals surface area contributed by atoms with Crippen molar-refractivity contribution in [2.45, 2.75) is 6.92 Å². The number of halogens is 1. The van der Waals surface area contributed by atoms with Crippen molar-refractivity contribution in [1.82, 2.24) is 14.9 Å². The summed E-state index contributed by atoms with van der Waals surface area (Å²) in [5.41, 5.74) is 2.54. The minimum atomic E-state index is 0.0316. The number of carbonyl (C=O) groups excluding carboxylic acids is 1. The lowest BCUT2D eigenvalue weighted by Gasteiger charge is -2.35. The molecule has 0 radical (unpaired) electrons. The Bertz CT molecular complexity index is 1000. The number of carbonyl (C=O) groups is 1. The van der Waals surface area contributed by atoms with Crippen LogP contribution in [0.3, 0.4) is 0 Å². The van der Waals surface area contributed by atoms with Gasteiger partial charge in [0, 0.05) is 48.4 Å². The fraction of sp³-hybridized carbons (Fsp3) is 0.261. The first-order chi connectivity index (χ1) is 14.6. The Hall–Kier alpha value is -3.12. The van der Waals surface area contributed by atoms with Gasteiger partial charge in [0.05, 0.1) is 12.3 Å². The van der Waals surface area contributed by atoms with Gasteiger partial charge in [-0.3, -0.25) is 4.79 Å². The van der Waals surface area contributed by atoms with Crippen LogP contribution < -0.4 is 9.64 Å². The molecular weight excluding hydrogens is 400 g/mol. The van der Waals surface area contributed by atoms with Gasteiger partial charge in [0.1, 0.15) is 17.9 Å². The normalized spacial score (nSPS) is 13.9. The molecule has 1 aliphatic rings. The number of amides is 1. The van der Waals surface area contributed by atoms with Crippen LogP contribution in [0.1, 0.15) is 17.3 Å². The minimum absolute atomic E-state index is 0.0316. The topological polar surface area (TPSA) is 58.6 Å². The minimum Gasteiger partial charge on any atom is -0.494 e. The van der Waals surface area contributed by atoms with Crippen molar-refractivity contribution in [2.75, 3.05) is 37.7 Å². The van der Waals surface area contributed by atoms with E-state index in [-0.39, 0.29) is 5.91 Å². The fourth-order valence-corrected chi connectivity index (χ4v) is 3.61. The zero-order valence-corrected chi connectivity index (χ0v) is 17.5. The average Bonchev–Trinajstić information content (AvgIpc) is 2.80. The third kappa shape index (κ3) is 4.54. The first-order valence-electron chi connectivity index (χ1n) is 9.99. The van der Waals surface area contributed by atoms with Crippen molar-refractivity contribution in [2.24, 2.45) is 0 Å². The molecule has 1 aromatic heterocycles. The van der Waals surface area contributed by atoms with Crippen molar-refractivity contribution >= 4 is 23.3 Å². The lowest BCUT2D eigenvalue weighted by molar-refractivity contribution is 0.0746. The smallest absolute Gasteiger partial charge is 0.253 e. The monoisotopic (exact) mass is 422 g/mol. The summed E-state index contributed by atoms with van der Waals surface area (Å²) in [6.45, 7) is 5.34. The van der Waals surface area contributed by atoms with Crippen LogP contribution in [-0.4, -0.2) is 53.6 Å². The molecule has 0 aliphatic carbocycles. The van der Waals surface area contributed by atoms with Gasteiger partial charge in [-0.1, -0.05) is 11.6 Å². The van der Waals surface area contributed by atoms with Gasteiger partial charge >= 0.3 is 0 Å². The molecule has 0 spiro atoms. The molecule has 4 rings (SSSR count). The maximum atomic E-state index is 12.7. The summed E-state index contributed by atoms with van der Waals surface area (Å²) in [6.07, 6.45) is 1.59. The first kappa shape index (κ1) is 20.2. The van der Waals surface area contributed by atoms with Crippen molar-refractivity contribution < 1.29 is 9.53 Å². The van der Waals surface area contributed by atoms with Gasteiger partial charge in [-0.2, -0.15) is 0 Å². The van der Waals surface area contributed by atoms with E-state index in [1.165, 1.54) is 0 Å². The summed E-state index contributed by atoms with van der Waals surface area (Å²) < 4.78 is 5.50. The maximum absolute atomic E-state index is 12.7. The van der Waals surface area contributed by atoms with Gasteiger partial charge in [0.15, 0.2) is 0 Å². The number of anilines is 1. The zero-order chi connectivity index (χ0) is 20.9. The molecule has 1 saturated heterocycles. The Labute approximate surface area is 181 Å². The number of hydrogen-bond donors (Lipinski definition) is 0. The number of ether oxygens (including phenoxy) is 1. The van der Waals surface area contributed by atoms with Crippen LogP contribution in [-0.2, 0) is 0 Å². The molecular formula is C23H23ClN4O2. The van der Waals surface area contributed by atoms with E-state index in [1.807, 2.05) is 42.2 Å². The van der Waals surface area contributed by atoms with Crippen molar-refractivity contribution in [1.29, 1.82) is 0 Å². The molecule has 30 heavy (non-hydrogen) atoms. The van der Waals surface area contributed by atoms with Crippen LogP contribution in [0.15, 0.2) is 60.9 Å². The number of piperazine rings is 1. The standard InChI is InChI=1S/C23H23ClN4O2/c1-2-30-20-9-5-17(6-10-20)21-15-22(26-16-25-21)27-11-13-28(14-12-27)23(29)18-3-7-19(24)8-4-18/h3-10,15-16H,2,11-14H2,1H3. The van der Waals surface area contributed by atoms with Crippen molar-refractivity contribution in [3.05, 3.63) is 71.5 Å². The van der Waals surface area contributed by atoms with Crippen LogP contribution in [0.25, 0.3) is 11.3 Å². The number of nitrogens with zero attached hydrogens (tertiary/aromatic N) is 4. The summed E-state index contributed by atoms with van der Waals surface area (Å²) in [4.78, 5) is 25.6. The number of aromatic nitrogens is 2. The van der Waals surface area contributed by atoms with E-state index in [0.29, 0.717) is 30.3 Å². The summed E-state index contributed by atoms with van der Waals surface area (Å²) in [5, 5.41) is 0.628. The lowest BCUT2D eigenvalue weighted by Crippen LogP contribution is -2.49. The number of hydrogen-bond acceptors (Lipinski definition) is 5. The Kier molecular flexibility index (Phi) is 6.14. The molecule has 0 atom stereocenters. The molecule has 6 nitrogen and oxygen atoms in total. The van der Waals surface area contributed by atoms with Gasteiger partial charge < -0.3 is 14.5 Å². The van der Waals surface area contributed by atoms with Gasteiger partial charge in [-0.25, -0.2) is 9.97 Å². The van der Waals surface area contributed by atoms with Crippen molar-refractivity contribution in [3.63, 3.8) is 0 Å².